The summed E-state index contributed by atoms with van der Waals surface area (Å²) in [6.45, 7) is 0. The first-order valence-corrected chi connectivity index (χ1v) is 12.9. The van der Waals surface area contributed by atoms with Gasteiger partial charge < -0.3 is 4.42 Å². The van der Waals surface area contributed by atoms with Crippen molar-refractivity contribution < 1.29 is 25.0 Å². The van der Waals surface area contributed by atoms with E-state index in [1.165, 1.54) is 0 Å². The number of furan rings is 1. The molecule has 0 fully saturated rings. The van der Waals surface area contributed by atoms with E-state index >= 15 is 0 Å². The van der Waals surface area contributed by atoms with Crippen LogP contribution in [0.25, 0.3) is 87.3 Å². The van der Waals surface area contributed by atoms with Gasteiger partial charge in [-0.3, -0.25) is 0 Å². The summed E-state index contributed by atoms with van der Waals surface area (Å²) < 4.78 is 140. The van der Waals surface area contributed by atoms with Crippen molar-refractivity contribution in [3.05, 3.63) is 145 Å². The lowest BCUT2D eigenvalue weighted by molar-refractivity contribution is 0.669. The topological polar surface area (TPSA) is 13.1 Å². The molecule has 9 aromatic rings. The van der Waals surface area contributed by atoms with Crippen molar-refractivity contribution in [3.63, 3.8) is 0 Å². The monoisotopic (exact) mass is 535 g/mol. The highest BCUT2D eigenvalue weighted by Gasteiger charge is 2.21. The van der Waals surface area contributed by atoms with Crippen molar-refractivity contribution in [3.8, 4) is 22.3 Å². The van der Waals surface area contributed by atoms with E-state index in [-0.39, 0.29) is 54.6 Å². The van der Waals surface area contributed by atoms with Crippen LogP contribution in [0.1, 0.15) is 20.6 Å². The van der Waals surface area contributed by atoms with Crippen molar-refractivity contribution in [2.24, 2.45) is 0 Å². The highest BCUT2D eigenvalue weighted by Crippen LogP contribution is 2.48. The maximum Gasteiger partial charge on any atom is 0.136 e. The van der Waals surface area contributed by atoms with Gasteiger partial charge in [-0.15, -0.1) is 0 Å². The van der Waals surface area contributed by atoms with E-state index in [4.69, 9.17) is 18.1 Å². The molecule has 190 valence electrons. The van der Waals surface area contributed by atoms with Gasteiger partial charge in [0.15, 0.2) is 0 Å². The maximum atomic E-state index is 9.43. The largest absolute Gasteiger partial charge is 0.456 e. The predicted octanol–water partition coefficient (Wildman–Crippen LogP) is 11.5. The number of benzene rings is 8. The number of hydrogen-bond acceptors (Lipinski definition) is 1. The zero-order valence-electron chi connectivity index (χ0n) is 36.1. The van der Waals surface area contributed by atoms with Crippen molar-refractivity contribution in [1.29, 1.82) is 0 Å². The third kappa shape index (κ3) is 3.18. The molecule has 0 aliphatic heterocycles. The SMILES string of the molecule is [2H]c1c([2H])c([2H])c2c(oc3c([2H])c([2H])c([2H])c(-c4c5c([2H])c([2H])c([2H])c([2H])c5c(-c5cc6ccccc6c6ccccc56)c5c([2H])c([2H])c([2H])c([2H])c45)c32)c1[2H]. The Morgan fingerprint density at radius 2 is 0.951 bits per heavy atom. The molecule has 0 bridgehead atoms. The van der Waals surface area contributed by atoms with Crippen LogP contribution in [0.5, 0.6) is 0 Å². The molecule has 1 aromatic heterocycles. The molecule has 0 N–H and O–H groups in total. The summed E-state index contributed by atoms with van der Waals surface area (Å²) in [5.74, 6) is 0. The van der Waals surface area contributed by atoms with E-state index in [2.05, 4.69) is 0 Å². The molecular formula is C40H24O. The molecule has 0 spiro atoms. The second-order valence-electron chi connectivity index (χ2n) is 9.70. The Morgan fingerprint density at radius 3 is 1.66 bits per heavy atom. The Kier molecular flexibility index (Phi) is 2.59. The van der Waals surface area contributed by atoms with Crippen molar-refractivity contribution in [1.82, 2.24) is 0 Å². The summed E-state index contributed by atoms with van der Waals surface area (Å²) in [4.78, 5) is 0. The molecule has 9 rings (SSSR count). The second-order valence-corrected chi connectivity index (χ2v) is 9.70. The lowest BCUT2D eigenvalue weighted by Gasteiger charge is -2.20. The molecule has 0 unspecified atom stereocenters. The fourth-order valence-electron chi connectivity index (χ4n) is 5.95. The molecular weight excluding hydrogens is 496 g/mol. The van der Waals surface area contributed by atoms with Crippen molar-refractivity contribution in [2.45, 2.75) is 0 Å². The summed E-state index contributed by atoms with van der Waals surface area (Å²) in [6.07, 6.45) is 0. The van der Waals surface area contributed by atoms with Gasteiger partial charge in [-0.25, -0.2) is 0 Å². The Bertz CT molecular complexity index is 3230. The summed E-state index contributed by atoms with van der Waals surface area (Å²) in [7, 11) is 0. The van der Waals surface area contributed by atoms with Gasteiger partial charge in [0.25, 0.3) is 0 Å². The van der Waals surface area contributed by atoms with Crippen molar-refractivity contribution >= 4 is 65.0 Å². The average molecular weight is 536 g/mol. The molecule has 1 nitrogen and oxygen atoms in total. The average Bonchev–Trinajstić information content (AvgIpc) is 3.60. The first kappa shape index (κ1) is 12.4. The minimum atomic E-state index is -0.714. The van der Waals surface area contributed by atoms with Gasteiger partial charge >= 0.3 is 0 Å². The van der Waals surface area contributed by atoms with Gasteiger partial charge in [-0.05, 0) is 83.5 Å². The quantitative estimate of drug-likeness (QED) is 0.158. The summed E-state index contributed by atoms with van der Waals surface area (Å²) in [5.41, 5.74) is -0.980. The van der Waals surface area contributed by atoms with Gasteiger partial charge in [0.1, 0.15) is 11.2 Å². The number of rotatable bonds is 2. The lowest BCUT2D eigenvalue weighted by Crippen LogP contribution is -1.92. The molecule has 0 saturated heterocycles. The van der Waals surface area contributed by atoms with Crippen LogP contribution in [0.3, 0.4) is 0 Å². The highest BCUT2D eigenvalue weighted by atomic mass is 16.3. The summed E-state index contributed by atoms with van der Waals surface area (Å²) in [6, 6.07) is 7.10. The van der Waals surface area contributed by atoms with E-state index in [9.17, 15) is 6.85 Å². The van der Waals surface area contributed by atoms with Crippen LogP contribution in [-0.2, 0) is 0 Å². The molecule has 0 saturated carbocycles. The van der Waals surface area contributed by atoms with E-state index in [1.807, 2.05) is 42.5 Å². The fourth-order valence-corrected chi connectivity index (χ4v) is 5.95. The van der Waals surface area contributed by atoms with Gasteiger partial charge in [-0.1, -0.05) is 127 Å². The van der Waals surface area contributed by atoms with E-state index < -0.39 is 96.2 Å². The molecule has 1 heterocycles. The Morgan fingerprint density at radius 1 is 0.415 bits per heavy atom. The number of fused-ring (bicyclic) bond motifs is 8. The minimum Gasteiger partial charge on any atom is -0.456 e. The zero-order valence-corrected chi connectivity index (χ0v) is 21.1. The van der Waals surface area contributed by atoms with E-state index in [1.54, 1.807) is 12.1 Å². The van der Waals surface area contributed by atoms with Crippen LogP contribution in [0.4, 0.5) is 0 Å². The van der Waals surface area contributed by atoms with Crippen LogP contribution in [0, 0.1) is 0 Å². The van der Waals surface area contributed by atoms with Crippen LogP contribution in [0.2, 0.25) is 0 Å². The van der Waals surface area contributed by atoms with Gasteiger partial charge in [-0.2, -0.15) is 0 Å². The standard InChI is InChI=1S/C40H24O/c1-2-13-26-25(12-1)24-35(28-15-4-3-14-27(26)28)39-31-18-7-5-16-29(31)38(30-17-6-8-19-32(30)39)34-21-11-23-37-40(34)33-20-9-10-22-36(33)41-37/h1-24H/i5D,6D,7D,8D,9D,10D,11D,16D,17D,18D,19D,20D,21D,22D,23D. The van der Waals surface area contributed by atoms with Crippen LogP contribution in [-0.4, -0.2) is 0 Å². The Labute approximate surface area is 258 Å². The van der Waals surface area contributed by atoms with Crippen LogP contribution >= 0.6 is 0 Å². The van der Waals surface area contributed by atoms with Gasteiger partial charge in [0.2, 0.25) is 0 Å². The molecule has 1 heteroatoms. The first-order chi connectivity index (χ1) is 26.6. The minimum absolute atomic E-state index is 0.0738. The highest BCUT2D eigenvalue weighted by molar-refractivity contribution is 6.28. The normalized spacial score (nSPS) is 17.0. The molecule has 0 atom stereocenters. The Hall–Kier alpha value is -5.40. The Balaban J connectivity index is 1.68. The van der Waals surface area contributed by atoms with Crippen molar-refractivity contribution in [2.75, 3.05) is 0 Å². The fraction of sp³-hybridized carbons (Fsp3) is 0. The molecule has 41 heavy (non-hydrogen) atoms. The zero-order chi connectivity index (χ0) is 40.0. The van der Waals surface area contributed by atoms with E-state index in [0.717, 1.165) is 16.2 Å². The van der Waals surface area contributed by atoms with Crippen LogP contribution in [0.15, 0.2) is 150 Å². The molecule has 0 aliphatic rings. The van der Waals surface area contributed by atoms with Gasteiger partial charge in [0, 0.05) is 10.8 Å². The third-order valence-corrected chi connectivity index (χ3v) is 7.61. The molecule has 0 aliphatic carbocycles. The van der Waals surface area contributed by atoms with Gasteiger partial charge in [0.05, 0.1) is 20.6 Å². The predicted molar refractivity (Wildman–Crippen MR) is 175 cm³/mol. The first-order valence-electron chi connectivity index (χ1n) is 20.4. The number of para-hydroxylation sites is 1. The molecule has 0 amide bonds. The summed E-state index contributed by atoms with van der Waals surface area (Å²) >= 11 is 0. The lowest BCUT2D eigenvalue weighted by atomic mass is 9.83. The van der Waals surface area contributed by atoms with Crippen LogP contribution < -0.4 is 0 Å². The second kappa shape index (κ2) is 8.55. The summed E-state index contributed by atoms with van der Waals surface area (Å²) in [5, 5.41) is 1.68. The molecule has 0 radical (unpaired) electrons. The van der Waals surface area contributed by atoms with E-state index in [0.29, 0.717) is 10.9 Å². The third-order valence-electron chi connectivity index (χ3n) is 7.61. The smallest absolute Gasteiger partial charge is 0.136 e. The maximum absolute atomic E-state index is 9.43. The molecule has 8 aromatic carbocycles. The number of hydrogen-bond donors (Lipinski definition) is 0.